The molecule has 0 aliphatic carbocycles. The zero-order valence-corrected chi connectivity index (χ0v) is 12.3. The molecule has 0 amide bonds. The van der Waals surface area contributed by atoms with Gasteiger partial charge in [0.15, 0.2) is 0 Å². The van der Waals surface area contributed by atoms with E-state index in [1.54, 1.807) is 0 Å². The van der Waals surface area contributed by atoms with Crippen LogP contribution >= 0.6 is 0 Å². The number of likely N-dealkylation sites (N-methyl/N-ethyl adjacent to an activating group) is 1. The van der Waals surface area contributed by atoms with E-state index in [0.29, 0.717) is 6.54 Å². The Morgan fingerprint density at radius 1 is 1.24 bits per heavy atom. The highest BCUT2D eigenvalue weighted by Gasteiger charge is 2.32. The van der Waals surface area contributed by atoms with Gasteiger partial charge in [0.05, 0.1) is 10.5 Å². The van der Waals surface area contributed by atoms with Gasteiger partial charge in [-0.25, -0.2) is 8.42 Å². The lowest BCUT2D eigenvalue weighted by molar-refractivity contribution is -0.137. The van der Waals surface area contributed by atoms with Crippen LogP contribution in [0.25, 0.3) is 0 Å². The second-order valence-corrected chi connectivity index (χ2v) is 7.04. The fourth-order valence-corrected chi connectivity index (χ4v) is 3.71. The van der Waals surface area contributed by atoms with Gasteiger partial charge in [0.2, 0.25) is 10.0 Å². The SMILES string of the molecule is CN(C1CCCNC1)S(=O)(=O)c1ccc(C(F)(F)F)cc1. The Balaban J connectivity index is 2.22. The first-order valence-corrected chi connectivity index (χ1v) is 8.03. The topological polar surface area (TPSA) is 49.4 Å². The highest BCUT2D eigenvalue weighted by molar-refractivity contribution is 7.89. The van der Waals surface area contributed by atoms with Crippen molar-refractivity contribution in [2.75, 3.05) is 20.1 Å². The molecule has 1 aliphatic heterocycles. The third-order valence-electron chi connectivity index (χ3n) is 3.64. The quantitative estimate of drug-likeness (QED) is 0.927. The molecule has 1 saturated heterocycles. The predicted molar refractivity (Wildman–Crippen MR) is 72.3 cm³/mol. The van der Waals surface area contributed by atoms with Gasteiger partial charge in [-0.05, 0) is 43.7 Å². The third kappa shape index (κ3) is 3.56. The van der Waals surface area contributed by atoms with Crippen molar-refractivity contribution >= 4 is 10.0 Å². The van der Waals surface area contributed by atoms with Gasteiger partial charge in [0, 0.05) is 19.6 Å². The standard InChI is InChI=1S/C13H17F3N2O2S/c1-18(11-3-2-8-17-9-11)21(19,20)12-6-4-10(5-7-12)13(14,15)16/h4-7,11,17H,2-3,8-9H2,1H3. The van der Waals surface area contributed by atoms with E-state index in [1.807, 2.05) is 0 Å². The summed E-state index contributed by atoms with van der Waals surface area (Å²) < 4.78 is 63.5. The molecule has 0 saturated carbocycles. The molecule has 2 rings (SSSR count). The molecule has 21 heavy (non-hydrogen) atoms. The highest BCUT2D eigenvalue weighted by Crippen LogP contribution is 2.30. The van der Waals surface area contributed by atoms with Gasteiger partial charge >= 0.3 is 6.18 Å². The lowest BCUT2D eigenvalue weighted by Gasteiger charge is -2.30. The summed E-state index contributed by atoms with van der Waals surface area (Å²) >= 11 is 0. The Hall–Kier alpha value is -1.12. The van der Waals surface area contributed by atoms with E-state index >= 15 is 0 Å². The smallest absolute Gasteiger partial charge is 0.315 e. The van der Waals surface area contributed by atoms with E-state index in [9.17, 15) is 21.6 Å². The highest BCUT2D eigenvalue weighted by atomic mass is 32.2. The minimum absolute atomic E-state index is 0.122. The average Bonchev–Trinajstić information content (AvgIpc) is 2.46. The molecule has 0 spiro atoms. The van der Waals surface area contributed by atoms with Crippen molar-refractivity contribution in [3.63, 3.8) is 0 Å². The number of halogens is 3. The molecule has 1 fully saturated rings. The number of alkyl halides is 3. The predicted octanol–water partition coefficient (Wildman–Crippen LogP) is 2.08. The summed E-state index contributed by atoms with van der Waals surface area (Å²) in [6, 6.07) is 3.42. The van der Waals surface area contributed by atoms with Gasteiger partial charge < -0.3 is 5.32 Å². The summed E-state index contributed by atoms with van der Waals surface area (Å²) in [5, 5.41) is 3.11. The average molecular weight is 322 g/mol. The van der Waals surface area contributed by atoms with Crippen LogP contribution in [0.3, 0.4) is 0 Å². The number of hydrogen-bond donors (Lipinski definition) is 1. The van der Waals surface area contributed by atoms with Crippen LogP contribution in [0.1, 0.15) is 18.4 Å². The zero-order valence-electron chi connectivity index (χ0n) is 11.5. The van der Waals surface area contributed by atoms with Crippen molar-refractivity contribution in [2.45, 2.75) is 30.0 Å². The molecule has 118 valence electrons. The Morgan fingerprint density at radius 2 is 1.86 bits per heavy atom. The van der Waals surface area contributed by atoms with Crippen LogP contribution in [0.2, 0.25) is 0 Å². The van der Waals surface area contributed by atoms with Crippen molar-refractivity contribution in [3.05, 3.63) is 29.8 Å². The molecule has 1 aliphatic rings. The molecule has 1 N–H and O–H groups in total. The molecule has 4 nitrogen and oxygen atoms in total. The Morgan fingerprint density at radius 3 is 2.33 bits per heavy atom. The van der Waals surface area contributed by atoms with Gasteiger partial charge in [0.25, 0.3) is 0 Å². The van der Waals surface area contributed by atoms with Gasteiger partial charge in [0.1, 0.15) is 0 Å². The fraction of sp³-hybridized carbons (Fsp3) is 0.538. The Bertz CT molecular complexity index is 578. The van der Waals surface area contributed by atoms with Gasteiger partial charge in [-0.15, -0.1) is 0 Å². The molecule has 0 aromatic heterocycles. The summed E-state index contributed by atoms with van der Waals surface area (Å²) in [6.07, 6.45) is -2.86. The second kappa shape index (κ2) is 5.94. The van der Waals surface area contributed by atoms with Gasteiger partial charge in [-0.1, -0.05) is 0 Å². The van der Waals surface area contributed by atoms with Crippen LogP contribution in [0, 0.1) is 0 Å². The molecule has 1 aromatic rings. The third-order valence-corrected chi connectivity index (χ3v) is 5.57. The zero-order chi connectivity index (χ0) is 15.7. The number of rotatable bonds is 3. The van der Waals surface area contributed by atoms with Crippen LogP contribution in [-0.4, -0.2) is 38.9 Å². The maximum absolute atomic E-state index is 12.5. The monoisotopic (exact) mass is 322 g/mol. The minimum Gasteiger partial charge on any atom is -0.315 e. The van der Waals surface area contributed by atoms with Crippen molar-refractivity contribution in [1.82, 2.24) is 9.62 Å². The maximum Gasteiger partial charge on any atom is 0.416 e. The number of hydrogen-bond acceptors (Lipinski definition) is 3. The van der Waals surface area contributed by atoms with Crippen molar-refractivity contribution < 1.29 is 21.6 Å². The first-order chi connectivity index (χ1) is 9.73. The largest absolute Gasteiger partial charge is 0.416 e. The minimum atomic E-state index is -4.47. The Labute approximate surface area is 122 Å². The molecule has 0 radical (unpaired) electrons. The van der Waals surface area contributed by atoms with E-state index in [1.165, 1.54) is 11.4 Å². The van der Waals surface area contributed by atoms with Crippen molar-refractivity contribution in [3.8, 4) is 0 Å². The number of benzene rings is 1. The molecule has 8 heteroatoms. The summed E-state index contributed by atoms with van der Waals surface area (Å²) in [5.74, 6) is 0. The summed E-state index contributed by atoms with van der Waals surface area (Å²) in [5.41, 5.74) is -0.858. The van der Waals surface area contributed by atoms with Gasteiger partial charge in [-0.3, -0.25) is 0 Å². The summed E-state index contributed by atoms with van der Waals surface area (Å²) in [7, 11) is -2.31. The molecule has 1 atom stereocenters. The first kappa shape index (κ1) is 16.3. The van der Waals surface area contributed by atoms with Crippen LogP contribution < -0.4 is 5.32 Å². The van der Waals surface area contributed by atoms with E-state index in [-0.39, 0.29) is 10.9 Å². The lowest BCUT2D eigenvalue weighted by atomic mass is 10.1. The second-order valence-electron chi connectivity index (χ2n) is 5.04. The van der Waals surface area contributed by atoms with E-state index in [4.69, 9.17) is 0 Å². The molecule has 0 bridgehead atoms. The van der Waals surface area contributed by atoms with E-state index in [0.717, 1.165) is 43.7 Å². The molecule has 1 unspecified atom stereocenters. The van der Waals surface area contributed by atoms with Gasteiger partial charge in [-0.2, -0.15) is 17.5 Å². The lowest BCUT2D eigenvalue weighted by Crippen LogP contribution is -2.46. The number of sulfonamides is 1. The Kier molecular flexibility index (Phi) is 4.60. The van der Waals surface area contributed by atoms with E-state index in [2.05, 4.69) is 5.32 Å². The van der Waals surface area contributed by atoms with Crippen LogP contribution in [-0.2, 0) is 16.2 Å². The molecule has 1 aromatic carbocycles. The van der Waals surface area contributed by atoms with Crippen LogP contribution in [0.5, 0.6) is 0 Å². The summed E-state index contributed by atoms with van der Waals surface area (Å²) in [4.78, 5) is -0.122. The molecule has 1 heterocycles. The van der Waals surface area contributed by atoms with Crippen LogP contribution in [0.4, 0.5) is 13.2 Å². The van der Waals surface area contributed by atoms with Crippen molar-refractivity contribution in [2.24, 2.45) is 0 Å². The molecular formula is C13H17F3N2O2S. The summed E-state index contributed by atoms with van der Waals surface area (Å²) in [6.45, 7) is 1.40. The molecular weight excluding hydrogens is 305 g/mol. The fourth-order valence-electron chi connectivity index (χ4n) is 2.32. The van der Waals surface area contributed by atoms with Crippen molar-refractivity contribution in [1.29, 1.82) is 0 Å². The van der Waals surface area contributed by atoms with E-state index < -0.39 is 21.8 Å². The number of nitrogens with zero attached hydrogens (tertiary/aromatic N) is 1. The first-order valence-electron chi connectivity index (χ1n) is 6.59. The van der Waals surface area contributed by atoms with Crippen LogP contribution in [0.15, 0.2) is 29.2 Å². The maximum atomic E-state index is 12.5. The normalized spacial score (nSPS) is 20.7. The number of piperidine rings is 1. The number of nitrogens with one attached hydrogen (secondary N) is 1.